The van der Waals surface area contributed by atoms with Gasteiger partial charge in [-0.1, -0.05) is 53.7 Å². The molecule has 1 unspecified atom stereocenters. The van der Waals surface area contributed by atoms with Crippen LogP contribution in [-0.2, 0) is 11.8 Å². The second-order valence-corrected chi connectivity index (χ2v) is 7.44. The molecule has 0 saturated carbocycles. The molecule has 4 nitrogen and oxygen atoms in total. The number of rotatable bonds is 5. The minimum absolute atomic E-state index is 0.166. The van der Waals surface area contributed by atoms with Crippen LogP contribution in [0.25, 0.3) is 11.3 Å². The van der Waals surface area contributed by atoms with Gasteiger partial charge in [0.1, 0.15) is 5.82 Å². The number of benzene rings is 2. The lowest BCUT2D eigenvalue weighted by molar-refractivity contribution is -0.115. The topological polar surface area (TPSA) is 46.9 Å². The van der Waals surface area contributed by atoms with Crippen LogP contribution in [0.1, 0.15) is 6.92 Å². The lowest BCUT2D eigenvalue weighted by Gasteiger charge is -2.13. The van der Waals surface area contributed by atoms with E-state index in [-0.39, 0.29) is 10.9 Å². The molecule has 1 amide bonds. The molecule has 26 heavy (non-hydrogen) atoms. The first-order chi connectivity index (χ1) is 12.5. The molecule has 0 radical (unpaired) electrons. The summed E-state index contributed by atoms with van der Waals surface area (Å²) in [5, 5.41) is 3.22. The minimum Gasteiger partial charge on any atom is -0.324 e. The third kappa shape index (κ3) is 4.08. The molecule has 1 aromatic heterocycles. The minimum atomic E-state index is -0.447. The fourth-order valence-corrected chi connectivity index (χ4v) is 3.48. The van der Waals surface area contributed by atoms with Crippen LogP contribution >= 0.6 is 23.4 Å². The third-order valence-electron chi connectivity index (χ3n) is 3.86. The van der Waals surface area contributed by atoms with Crippen LogP contribution in [-0.4, -0.2) is 20.7 Å². The van der Waals surface area contributed by atoms with Gasteiger partial charge in [-0.2, -0.15) is 0 Å². The van der Waals surface area contributed by atoms with Crippen LogP contribution in [0.3, 0.4) is 0 Å². The quantitative estimate of drug-likeness (QED) is 0.625. The smallest absolute Gasteiger partial charge is 0.237 e. The normalized spacial score (nSPS) is 12.0. The summed E-state index contributed by atoms with van der Waals surface area (Å²) in [4.78, 5) is 16.8. The number of nitrogens with one attached hydrogen (secondary N) is 1. The molecule has 0 bridgehead atoms. The number of amides is 1. The van der Waals surface area contributed by atoms with Crippen molar-refractivity contribution in [2.45, 2.75) is 17.3 Å². The number of hydrogen-bond donors (Lipinski definition) is 1. The Hall–Kier alpha value is -2.31. The van der Waals surface area contributed by atoms with Crippen molar-refractivity contribution in [3.05, 3.63) is 65.6 Å². The number of aromatic nitrogens is 2. The molecule has 0 aliphatic heterocycles. The van der Waals surface area contributed by atoms with Crippen LogP contribution < -0.4 is 5.32 Å². The molecular weight excluding hydrogens is 373 g/mol. The number of imidazole rings is 1. The molecule has 2 aromatic carbocycles. The molecule has 0 aliphatic carbocycles. The largest absolute Gasteiger partial charge is 0.324 e. The lowest BCUT2D eigenvalue weighted by atomic mass is 10.2. The van der Waals surface area contributed by atoms with Gasteiger partial charge in [-0.15, -0.1) is 0 Å². The monoisotopic (exact) mass is 389 g/mol. The zero-order valence-electron chi connectivity index (χ0n) is 14.2. The van der Waals surface area contributed by atoms with E-state index in [2.05, 4.69) is 10.3 Å². The summed E-state index contributed by atoms with van der Waals surface area (Å²) in [7, 11) is 1.92. The molecule has 0 aliphatic rings. The van der Waals surface area contributed by atoms with Crippen molar-refractivity contribution in [1.82, 2.24) is 9.55 Å². The Balaban J connectivity index is 1.71. The first-order valence-electron chi connectivity index (χ1n) is 7.95. The van der Waals surface area contributed by atoms with Crippen molar-refractivity contribution >= 4 is 35.0 Å². The maximum atomic E-state index is 13.1. The van der Waals surface area contributed by atoms with E-state index in [9.17, 15) is 9.18 Å². The van der Waals surface area contributed by atoms with Gasteiger partial charge in [0, 0.05) is 7.05 Å². The predicted octanol–water partition coefficient (Wildman–Crippen LogP) is 5.00. The van der Waals surface area contributed by atoms with Crippen molar-refractivity contribution in [2.75, 3.05) is 5.32 Å². The van der Waals surface area contributed by atoms with E-state index in [0.717, 1.165) is 16.4 Å². The molecule has 134 valence electrons. The van der Waals surface area contributed by atoms with E-state index >= 15 is 0 Å². The predicted molar refractivity (Wildman–Crippen MR) is 104 cm³/mol. The number of thioether (sulfide) groups is 1. The Bertz CT molecular complexity index is 930. The third-order valence-corrected chi connectivity index (χ3v) is 5.33. The Kier molecular flexibility index (Phi) is 5.64. The van der Waals surface area contributed by atoms with Crippen LogP contribution in [0.2, 0.25) is 5.02 Å². The van der Waals surface area contributed by atoms with Crippen LogP contribution in [0.4, 0.5) is 10.1 Å². The molecule has 3 rings (SSSR count). The van der Waals surface area contributed by atoms with Gasteiger partial charge >= 0.3 is 0 Å². The standard InChI is InChI=1S/C19H17ClFN3OS/c1-12(18(25)23-16-9-8-14(21)10-15(16)20)26-19-22-11-17(24(19)2)13-6-4-3-5-7-13/h3-12H,1-2H3,(H,23,25). The van der Waals surface area contributed by atoms with Crippen molar-refractivity contribution in [3.8, 4) is 11.3 Å². The first-order valence-corrected chi connectivity index (χ1v) is 9.21. The summed E-state index contributed by atoms with van der Waals surface area (Å²) >= 11 is 7.30. The Morgan fingerprint density at radius 3 is 2.69 bits per heavy atom. The number of hydrogen-bond acceptors (Lipinski definition) is 3. The van der Waals surface area contributed by atoms with Crippen LogP contribution in [0.15, 0.2) is 59.9 Å². The highest BCUT2D eigenvalue weighted by molar-refractivity contribution is 8.00. The van der Waals surface area contributed by atoms with E-state index in [1.165, 1.54) is 30.0 Å². The Morgan fingerprint density at radius 1 is 1.27 bits per heavy atom. The van der Waals surface area contributed by atoms with E-state index in [0.29, 0.717) is 5.69 Å². The lowest BCUT2D eigenvalue weighted by Crippen LogP contribution is -2.23. The number of anilines is 1. The number of nitrogens with zero attached hydrogens (tertiary/aromatic N) is 2. The summed E-state index contributed by atoms with van der Waals surface area (Å²) in [6, 6.07) is 13.8. The molecule has 1 N–H and O–H groups in total. The van der Waals surface area contributed by atoms with Crippen molar-refractivity contribution in [2.24, 2.45) is 7.05 Å². The highest BCUT2D eigenvalue weighted by Crippen LogP contribution is 2.29. The fraction of sp³-hybridized carbons (Fsp3) is 0.158. The molecule has 1 heterocycles. The molecular formula is C19H17ClFN3OS. The van der Waals surface area contributed by atoms with Gasteiger partial charge in [0.2, 0.25) is 5.91 Å². The molecule has 7 heteroatoms. The second kappa shape index (κ2) is 7.93. The summed E-state index contributed by atoms with van der Waals surface area (Å²) in [6.07, 6.45) is 1.79. The maximum Gasteiger partial charge on any atom is 0.237 e. The highest BCUT2D eigenvalue weighted by atomic mass is 35.5. The summed E-state index contributed by atoms with van der Waals surface area (Å²) in [6.45, 7) is 1.79. The fourth-order valence-electron chi connectivity index (χ4n) is 2.42. The van der Waals surface area contributed by atoms with Crippen molar-refractivity contribution in [1.29, 1.82) is 0 Å². The Labute approximate surface area is 160 Å². The number of halogens is 2. The second-order valence-electron chi connectivity index (χ2n) is 5.72. The van der Waals surface area contributed by atoms with Gasteiger partial charge in [-0.05, 0) is 30.7 Å². The van der Waals surface area contributed by atoms with E-state index in [1.807, 2.05) is 41.9 Å². The van der Waals surface area contributed by atoms with Gasteiger partial charge in [0.25, 0.3) is 0 Å². The molecule has 0 spiro atoms. The summed E-state index contributed by atoms with van der Waals surface area (Å²) in [5.74, 6) is -0.676. The summed E-state index contributed by atoms with van der Waals surface area (Å²) < 4.78 is 15.1. The number of carbonyl (C=O) groups excluding carboxylic acids is 1. The number of carbonyl (C=O) groups is 1. The van der Waals surface area contributed by atoms with E-state index < -0.39 is 11.1 Å². The van der Waals surface area contributed by atoms with E-state index in [1.54, 1.807) is 13.1 Å². The zero-order chi connectivity index (χ0) is 18.7. The van der Waals surface area contributed by atoms with Gasteiger partial charge < -0.3 is 9.88 Å². The highest BCUT2D eigenvalue weighted by Gasteiger charge is 2.19. The molecule has 0 saturated heterocycles. The van der Waals surface area contributed by atoms with Gasteiger partial charge in [0.05, 0.1) is 27.9 Å². The molecule has 0 fully saturated rings. The van der Waals surface area contributed by atoms with Crippen molar-refractivity contribution in [3.63, 3.8) is 0 Å². The summed E-state index contributed by atoms with van der Waals surface area (Å²) in [5.41, 5.74) is 2.42. The van der Waals surface area contributed by atoms with Gasteiger partial charge in [-0.3, -0.25) is 4.79 Å². The van der Waals surface area contributed by atoms with Crippen molar-refractivity contribution < 1.29 is 9.18 Å². The Morgan fingerprint density at radius 2 is 2.00 bits per heavy atom. The van der Waals surface area contributed by atoms with Gasteiger partial charge in [0.15, 0.2) is 5.16 Å². The van der Waals surface area contributed by atoms with Crippen LogP contribution in [0, 0.1) is 5.82 Å². The zero-order valence-corrected chi connectivity index (χ0v) is 15.8. The van der Waals surface area contributed by atoms with E-state index in [4.69, 9.17) is 11.6 Å². The maximum absolute atomic E-state index is 13.1. The molecule has 1 atom stereocenters. The van der Waals surface area contributed by atoms with Crippen LogP contribution in [0.5, 0.6) is 0 Å². The SMILES string of the molecule is CC(Sc1ncc(-c2ccccc2)n1C)C(=O)Nc1ccc(F)cc1Cl. The first kappa shape index (κ1) is 18.5. The average molecular weight is 390 g/mol. The average Bonchev–Trinajstić information content (AvgIpc) is 2.98. The molecule has 3 aromatic rings. The van der Waals surface area contributed by atoms with Gasteiger partial charge in [-0.25, -0.2) is 9.37 Å².